The topological polar surface area (TPSA) is 124 Å². The molecule has 2 rings (SSSR count). The number of nitro benzene ring substituents is 1. The van der Waals surface area contributed by atoms with Gasteiger partial charge in [-0.2, -0.15) is 0 Å². The third-order valence-corrected chi connectivity index (χ3v) is 6.22. The van der Waals surface area contributed by atoms with Crippen LogP contribution in [0.1, 0.15) is 30.6 Å². The fourth-order valence-electron chi connectivity index (χ4n) is 2.99. The molecule has 1 aliphatic heterocycles. The zero-order valence-electron chi connectivity index (χ0n) is 15.5. The van der Waals surface area contributed by atoms with Crippen LogP contribution < -0.4 is 0 Å². The molecule has 1 heterocycles. The Labute approximate surface area is 167 Å². The minimum Gasteiger partial charge on any atom is -0.452 e. The average Bonchev–Trinajstić information content (AvgIpc) is 2.96. The van der Waals surface area contributed by atoms with Gasteiger partial charge in [-0.3, -0.25) is 14.9 Å². The summed E-state index contributed by atoms with van der Waals surface area (Å²) in [5, 5.41) is 11.2. The summed E-state index contributed by atoms with van der Waals surface area (Å²) in [6.07, 6.45) is 0.328. The molecule has 1 atom stereocenters. The summed E-state index contributed by atoms with van der Waals surface area (Å²) in [6.45, 7) is 3.43. The van der Waals surface area contributed by atoms with Crippen molar-refractivity contribution in [2.24, 2.45) is 5.92 Å². The molecule has 1 fully saturated rings. The molecule has 1 amide bonds. The van der Waals surface area contributed by atoms with E-state index >= 15 is 0 Å². The van der Waals surface area contributed by atoms with E-state index in [0.29, 0.717) is 13.0 Å². The quantitative estimate of drug-likeness (QED) is 0.367. The first-order chi connectivity index (χ1) is 13.0. The lowest BCUT2D eigenvalue weighted by Gasteiger charge is -2.29. The molecule has 1 aromatic carbocycles. The Kier molecular flexibility index (Phi) is 7.00. The van der Waals surface area contributed by atoms with E-state index in [2.05, 4.69) is 0 Å². The standard InChI is InChI=1S/C17H21ClN2O7S/c1-11(2)8-19(13-5-6-28(25,26)10-13)16(21)9-27-17(22)14-7-12(18)3-4-15(14)20(23)24/h3-4,7,11,13H,5-6,8-10H2,1-2H3. The Morgan fingerprint density at radius 1 is 1.39 bits per heavy atom. The van der Waals surface area contributed by atoms with Gasteiger partial charge in [0.15, 0.2) is 16.4 Å². The fourth-order valence-corrected chi connectivity index (χ4v) is 4.89. The Bertz CT molecular complexity index is 885. The van der Waals surface area contributed by atoms with Crippen molar-refractivity contribution in [3.05, 3.63) is 38.9 Å². The lowest BCUT2D eigenvalue weighted by atomic mass is 10.1. The van der Waals surface area contributed by atoms with E-state index in [1.54, 1.807) is 0 Å². The largest absolute Gasteiger partial charge is 0.452 e. The highest BCUT2D eigenvalue weighted by molar-refractivity contribution is 7.91. The van der Waals surface area contributed by atoms with Gasteiger partial charge in [-0.05, 0) is 24.5 Å². The maximum Gasteiger partial charge on any atom is 0.345 e. The van der Waals surface area contributed by atoms with Crippen molar-refractivity contribution in [2.75, 3.05) is 24.7 Å². The van der Waals surface area contributed by atoms with Gasteiger partial charge in [-0.1, -0.05) is 25.4 Å². The number of rotatable bonds is 7. The van der Waals surface area contributed by atoms with E-state index < -0.39 is 45.0 Å². The monoisotopic (exact) mass is 432 g/mol. The number of hydrogen-bond donors (Lipinski definition) is 0. The summed E-state index contributed by atoms with van der Waals surface area (Å²) in [7, 11) is -3.20. The maximum atomic E-state index is 12.6. The minimum atomic E-state index is -3.20. The third kappa shape index (κ3) is 5.65. The Morgan fingerprint density at radius 2 is 2.07 bits per heavy atom. The number of carbonyl (C=O) groups excluding carboxylic acids is 2. The van der Waals surface area contributed by atoms with E-state index in [1.165, 1.54) is 11.0 Å². The molecule has 0 N–H and O–H groups in total. The first-order valence-electron chi connectivity index (χ1n) is 8.61. The molecule has 1 aliphatic rings. The first kappa shape index (κ1) is 22.1. The molecule has 0 radical (unpaired) electrons. The molecule has 9 nitrogen and oxygen atoms in total. The van der Waals surface area contributed by atoms with Crippen LogP contribution in [0.4, 0.5) is 5.69 Å². The molecule has 0 aliphatic carbocycles. The van der Waals surface area contributed by atoms with E-state index in [9.17, 15) is 28.1 Å². The second-order valence-electron chi connectivity index (χ2n) is 6.99. The predicted molar refractivity (Wildman–Crippen MR) is 102 cm³/mol. The van der Waals surface area contributed by atoms with Gasteiger partial charge in [-0.25, -0.2) is 13.2 Å². The summed E-state index contributed by atoms with van der Waals surface area (Å²) in [6, 6.07) is 2.98. The SMILES string of the molecule is CC(C)CN(C(=O)COC(=O)c1cc(Cl)ccc1[N+](=O)[O-])C1CCS(=O)(=O)C1. The van der Waals surface area contributed by atoms with E-state index in [-0.39, 0.29) is 28.0 Å². The highest BCUT2D eigenvalue weighted by atomic mass is 35.5. The van der Waals surface area contributed by atoms with Crippen LogP contribution in [0.3, 0.4) is 0 Å². The maximum absolute atomic E-state index is 12.6. The van der Waals surface area contributed by atoms with Crippen molar-refractivity contribution in [3.63, 3.8) is 0 Å². The van der Waals surface area contributed by atoms with Crippen LogP contribution >= 0.6 is 11.6 Å². The Morgan fingerprint density at radius 3 is 2.61 bits per heavy atom. The number of amides is 1. The van der Waals surface area contributed by atoms with Crippen molar-refractivity contribution in [3.8, 4) is 0 Å². The second-order valence-corrected chi connectivity index (χ2v) is 9.66. The molecule has 0 bridgehead atoms. The number of sulfone groups is 1. The molecule has 0 aromatic heterocycles. The van der Waals surface area contributed by atoms with Crippen LogP contribution in [0, 0.1) is 16.0 Å². The first-order valence-corrected chi connectivity index (χ1v) is 10.8. The van der Waals surface area contributed by atoms with E-state index in [0.717, 1.165) is 12.1 Å². The average molecular weight is 433 g/mol. The highest BCUT2D eigenvalue weighted by Gasteiger charge is 2.35. The molecular formula is C17H21ClN2O7S. The van der Waals surface area contributed by atoms with Crippen LogP contribution in [-0.2, 0) is 19.4 Å². The number of carbonyl (C=O) groups is 2. The van der Waals surface area contributed by atoms with Gasteiger partial charge >= 0.3 is 5.97 Å². The number of benzene rings is 1. The van der Waals surface area contributed by atoms with E-state index in [4.69, 9.17) is 16.3 Å². The van der Waals surface area contributed by atoms with Crippen molar-refractivity contribution >= 4 is 39.0 Å². The molecule has 154 valence electrons. The fraction of sp³-hybridized carbons (Fsp3) is 0.529. The molecule has 11 heteroatoms. The molecule has 28 heavy (non-hydrogen) atoms. The summed E-state index contributed by atoms with van der Waals surface area (Å²) in [5.74, 6) is -1.63. The normalized spacial score (nSPS) is 18.1. The smallest absolute Gasteiger partial charge is 0.345 e. The summed E-state index contributed by atoms with van der Waals surface area (Å²) >= 11 is 5.79. The van der Waals surface area contributed by atoms with Crippen molar-refractivity contribution in [2.45, 2.75) is 26.3 Å². The summed E-state index contributed by atoms with van der Waals surface area (Å²) in [5.41, 5.74) is -0.841. The number of nitro groups is 1. The van der Waals surface area contributed by atoms with Crippen LogP contribution in [0.25, 0.3) is 0 Å². The van der Waals surface area contributed by atoms with Gasteiger partial charge in [-0.15, -0.1) is 0 Å². The molecule has 0 saturated carbocycles. The van der Waals surface area contributed by atoms with Gasteiger partial charge in [0, 0.05) is 23.7 Å². The number of halogens is 1. The minimum absolute atomic E-state index is 0.00797. The molecular weight excluding hydrogens is 412 g/mol. The molecule has 1 saturated heterocycles. The van der Waals surface area contributed by atoms with Crippen LogP contribution in [0.5, 0.6) is 0 Å². The second kappa shape index (κ2) is 8.87. The van der Waals surface area contributed by atoms with Gasteiger partial charge in [0.2, 0.25) is 0 Å². The predicted octanol–water partition coefficient (Wildman–Crippen LogP) is 2.08. The zero-order chi connectivity index (χ0) is 21.1. The molecule has 1 aromatic rings. The summed E-state index contributed by atoms with van der Waals surface area (Å²) < 4.78 is 28.4. The third-order valence-electron chi connectivity index (χ3n) is 4.23. The van der Waals surface area contributed by atoms with Crippen molar-refractivity contribution < 1.29 is 27.7 Å². The van der Waals surface area contributed by atoms with Gasteiger partial charge < -0.3 is 9.64 Å². The lowest BCUT2D eigenvalue weighted by molar-refractivity contribution is -0.385. The van der Waals surface area contributed by atoms with Crippen LogP contribution in [0.2, 0.25) is 5.02 Å². The number of esters is 1. The van der Waals surface area contributed by atoms with E-state index in [1.807, 2.05) is 13.8 Å². The Hall–Kier alpha value is -2.20. The number of nitrogens with zero attached hydrogens (tertiary/aromatic N) is 2. The van der Waals surface area contributed by atoms with Gasteiger partial charge in [0.25, 0.3) is 11.6 Å². The van der Waals surface area contributed by atoms with Crippen LogP contribution in [0.15, 0.2) is 18.2 Å². The number of hydrogen-bond acceptors (Lipinski definition) is 7. The van der Waals surface area contributed by atoms with Crippen LogP contribution in [-0.4, -0.2) is 60.8 Å². The van der Waals surface area contributed by atoms with Crippen molar-refractivity contribution in [1.29, 1.82) is 0 Å². The highest BCUT2D eigenvalue weighted by Crippen LogP contribution is 2.24. The van der Waals surface area contributed by atoms with Gasteiger partial charge in [0.05, 0.1) is 16.4 Å². The summed E-state index contributed by atoms with van der Waals surface area (Å²) in [4.78, 5) is 36.6. The Balaban J connectivity index is 2.11. The molecule has 0 spiro atoms. The molecule has 1 unspecified atom stereocenters. The zero-order valence-corrected chi connectivity index (χ0v) is 17.0. The number of ether oxygens (including phenoxy) is 1. The lowest BCUT2D eigenvalue weighted by Crippen LogP contribution is -2.45. The van der Waals surface area contributed by atoms with Crippen molar-refractivity contribution in [1.82, 2.24) is 4.90 Å². The van der Waals surface area contributed by atoms with Gasteiger partial charge in [0.1, 0.15) is 5.56 Å².